The van der Waals surface area contributed by atoms with Crippen LogP contribution in [0.25, 0.3) is 11.0 Å². The Balaban J connectivity index is 2.51. The van der Waals surface area contributed by atoms with Crippen molar-refractivity contribution in [3.63, 3.8) is 0 Å². The van der Waals surface area contributed by atoms with E-state index in [0.29, 0.717) is 17.1 Å². The van der Waals surface area contributed by atoms with E-state index in [1.807, 2.05) is 0 Å². The van der Waals surface area contributed by atoms with Crippen molar-refractivity contribution in [3.05, 3.63) is 24.5 Å². The fraction of sp³-hybridized carbons (Fsp3) is 0.182. The molecule has 0 atom stereocenters. The number of benzene rings is 1. The second-order valence-corrected chi connectivity index (χ2v) is 3.06. The van der Waals surface area contributed by atoms with Gasteiger partial charge in [-0.3, -0.25) is 4.79 Å². The molecule has 1 aromatic heterocycles. The molecule has 15 heavy (non-hydrogen) atoms. The zero-order chi connectivity index (χ0) is 10.8. The van der Waals surface area contributed by atoms with Crippen LogP contribution in [-0.4, -0.2) is 13.1 Å². The first-order valence-electron chi connectivity index (χ1n) is 4.44. The van der Waals surface area contributed by atoms with Crippen molar-refractivity contribution in [3.8, 4) is 11.5 Å². The van der Waals surface area contributed by atoms with Gasteiger partial charge in [-0.15, -0.1) is 0 Å². The third-order valence-electron chi connectivity index (χ3n) is 2.00. The Morgan fingerprint density at radius 1 is 1.47 bits per heavy atom. The summed E-state index contributed by atoms with van der Waals surface area (Å²) in [4.78, 5) is 10.8. The molecule has 4 heteroatoms. The molecule has 0 saturated heterocycles. The highest BCUT2D eigenvalue weighted by Crippen LogP contribution is 2.31. The lowest BCUT2D eigenvalue weighted by molar-refractivity contribution is -0.131. The van der Waals surface area contributed by atoms with E-state index in [0.717, 1.165) is 5.39 Å². The zero-order valence-corrected chi connectivity index (χ0v) is 8.44. The molecule has 0 amide bonds. The Kier molecular flexibility index (Phi) is 2.33. The average Bonchev–Trinajstić information content (AvgIpc) is 2.60. The minimum atomic E-state index is -0.375. The number of carbonyl (C=O) groups is 1. The molecular weight excluding hydrogens is 198 g/mol. The van der Waals surface area contributed by atoms with E-state index in [-0.39, 0.29) is 5.97 Å². The molecule has 0 saturated carbocycles. The monoisotopic (exact) mass is 208 g/mol. The van der Waals surface area contributed by atoms with Crippen LogP contribution in [-0.2, 0) is 4.79 Å². The highest BCUT2D eigenvalue weighted by Gasteiger charge is 2.09. The van der Waals surface area contributed by atoms with Crippen molar-refractivity contribution in [2.75, 3.05) is 7.11 Å². The normalized spacial score (nSPS) is 10.3. The van der Waals surface area contributed by atoms with Crippen molar-refractivity contribution in [2.45, 2.75) is 6.92 Å². The SMILES string of the molecule is COc1ccc2oc[14c](OC(C)=O)c2c1. The molecule has 0 unspecified atom stereocenters. The fourth-order valence-corrected chi connectivity index (χ4v) is 1.35. The molecular formula is C11H10O4. The van der Waals surface area contributed by atoms with Crippen LogP contribution in [0.1, 0.15) is 6.92 Å². The van der Waals surface area contributed by atoms with Crippen molar-refractivity contribution < 1.29 is 18.7 Å². The third-order valence-corrected chi connectivity index (χ3v) is 2.00. The maximum absolute atomic E-state index is 10.8. The molecule has 78 valence electrons. The van der Waals surface area contributed by atoms with Gasteiger partial charge in [0.05, 0.1) is 12.5 Å². The van der Waals surface area contributed by atoms with E-state index in [1.54, 1.807) is 25.3 Å². The summed E-state index contributed by atoms with van der Waals surface area (Å²) in [7, 11) is 1.58. The molecule has 0 aliphatic rings. The standard InChI is InChI=1S/C11H10O4/c1-7(12)15-11-6-14-10-4-3-8(13-2)5-9(10)11/h3-6H,1-2H3/i11+2. The first-order chi connectivity index (χ1) is 7.20. The third kappa shape index (κ3) is 1.79. The van der Waals surface area contributed by atoms with Gasteiger partial charge in [0.25, 0.3) is 0 Å². The van der Waals surface area contributed by atoms with Crippen LogP contribution in [0.15, 0.2) is 28.9 Å². The summed E-state index contributed by atoms with van der Waals surface area (Å²) in [5, 5.41) is 0.726. The number of fused-ring (bicyclic) bond motifs is 1. The molecule has 0 aliphatic heterocycles. The number of ether oxygens (including phenoxy) is 2. The van der Waals surface area contributed by atoms with Gasteiger partial charge in [-0.1, -0.05) is 0 Å². The first kappa shape index (κ1) is 9.58. The van der Waals surface area contributed by atoms with E-state index in [4.69, 9.17) is 13.9 Å². The molecule has 1 aromatic carbocycles. The molecule has 0 fully saturated rings. The Labute approximate surface area is 86.4 Å². The van der Waals surface area contributed by atoms with Crippen molar-refractivity contribution in [1.29, 1.82) is 0 Å². The van der Waals surface area contributed by atoms with Crippen LogP contribution in [0.3, 0.4) is 0 Å². The molecule has 1 heterocycles. The Morgan fingerprint density at radius 2 is 2.27 bits per heavy atom. The molecule has 0 bridgehead atoms. The molecule has 0 aliphatic carbocycles. The summed E-state index contributed by atoms with van der Waals surface area (Å²) in [5.41, 5.74) is 0.659. The molecule has 0 spiro atoms. The van der Waals surface area contributed by atoms with Gasteiger partial charge in [0.15, 0.2) is 5.75 Å². The van der Waals surface area contributed by atoms with Crippen LogP contribution in [0.4, 0.5) is 0 Å². The van der Waals surface area contributed by atoms with Gasteiger partial charge in [0.2, 0.25) is 0 Å². The average molecular weight is 208 g/mol. The lowest BCUT2D eigenvalue weighted by Gasteiger charge is -2.00. The molecule has 2 rings (SSSR count). The molecule has 2 aromatic rings. The van der Waals surface area contributed by atoms with Crippen molar-refractivity contribution in [1.82, 2.24) is 0 Å². The van der Waals surface area contributed by atoms with E-state index in [1.165, 1.54) is 13.2 Å². The summed E-state index contributed by atoms with van der Waals surface area (Å²) >= 11 is 0. The number of hydrogen-bond acceptors (Lipinski definition) is 4. The molecule has 0 N–H and O–H groups in total. The summed E-state index contributed by atoms with van der Waals surface area (Å²) in [5.74, 6) is 0.731. The number of carbonyl (C=O) groups excluding carboxylic acids is 1. The first-order valence-corrected chi connectivity index (χ1v) is 4.44. The van der Waals surface area contributed by atoms with E-state index in [9.17, 15) is 4.79 Å². The number of furan rings is 1. The van der Waals surface area contributed by atoms with Crippen LogP contribution in [0.5, 0.6) is 11.5 Å². The number of esters is 1. The van der Waals surface area contributed by atoms with Crippen LogP contribution >= 0.6 is 0 Å². The van der Waals surface area contributed by atoms with Gasteiger partial charge in [0, 0.05) is 6.92 Å². The fourth-order valence-electron chi connectivity index (χ4n) is 1.35. The number of hydrogen-bond donors (Lipinski definition) is 0. The van der Waals surface area contributed by atoms with E-state index < -0.39 is 0 Å². The van der Waals surface area contributed by atoms with Gasteiger partial charge in [0.1, 0.15) is 17.6 Å². The lowest BCUT2D eigenvalue weighted by atomic mass is 10.3. The largest absolute Gasteiger partial charge is 0.497 e. The van der Waals surface area contributed by atoms with Gasteiger partial charge >= 0.3 is 5.97 Å². The summed E-state index contributed by atoms with van der Waals surface area (Å²) in [6, 6.07) is 5.31. The highest BCUT2D eigenvalue weighted by molar-refractivity contribution is 5.87. The topological polar surface area (TPSA) is 48.7 Å². The van der Waals surface area contributed by atoms with Gasteiger partial charge in [-0.25, -0.2) is 0 Å². The maximum atomic E-state index is 10.8. The Hall–Kier alpha value is -1.97. The van der Waals surface area contributed by atoms with Crippen LogP contribution in [0.2, 0.25) is 0 Å². The smallest absolute Gasteiger partial charge is 0.308 e. The number of methoxy groups -OCH3 is 1. The van der Waals surface area contributed by atoms with Crippen LogP contribution in [0, 0.1) is 0 Å². The summed E-state index contributed by atoms with van der Waals surface area (Å²) < 4.78 is 15.3. The summed E-state index contributed by atoms with van der Waals surface area (Å²) in [6.45, 7) is 1.35. The highest BCUT2D eigenvalue weighted by atomic mass is 16.7. The van der Waals surface area contributed by atoms with Crippen LogP contribution < -0.4 is 9.47 Å². The maximum Gasteiger partial charge on any atom is 0.308 e. The minimum absolute atomic E-state index is 0.375. The quantitative estimate of drug-likeness (QED) is 0.711. The van der Waals surface area contributed by atoms with Crippen molar-refractivity contribution in [2.24, 2.45) is 0 Å². The second kappa shape index (κ2) is 3.65. The predicted octanol–water partition coefficient (Wildman–Crippen LogP) is 2.37. The lowest BCUT2D eigenvalue weighted by Crippen LogP contribution is -2.00. The summed E-state index contributed by atoms with van der Waals surface area (Å²) in [6.07, 6.45) is 1.41. The van der Waals surface area contributed by atoms with Gasteiger partial charge < -0.3 is 13.9 Å². The molecule has 4 nitrogen and oxygen atoms in total. The second-order valence-electron chi connectivity index (χ2n) is 3.06. The minimum Gasteiger partial charge on any atom is -0.497 e. The Bertz CT molecular complexity index is 498. The predicted molar refractivity (Wildman–Crippen MR) is 54.1 cm³/mol. The Morgan fingerprint density at radius 3 is 2.93 bits per heavy atom. The van der Waals surface area contributed by atoms with E-state index in [2.05, 4.69) is 0 Å². The van der Waals surface area contributed by atoms with E-state index >= 15 is 0 Å². The zero-order valence-electron chi connectivity index (χ0n) is 8.44. The van der Waals surface area contributed by atoms with Crippen molar-refractivity contribution >= 4 is 16.9 Å². The number of rotatable bonds is 2. The molecule has 0 radical (unpaired) electrons. The van der Waals surface area contributed by atoms with Gasteiger partial charge in [-0.05, 0) is 18.2 Å². The van der Waals surface area contributed by atoms with Gasteiger partial charge in [-0.2, -0.15) is 0 Å².